The number of oxazole rings is 1. The van der Waals surface area contributed by atoms with E-state index in [1.165, 1.54) is 57.8 Å². The lowest BCUT2D eigenvalue weighted by Gasteiger charge is -2.06. The number of hydrogen-bond donors (Lipinski definition) is 1. The average molecular weight is 395 g/mol. The van der Waals surface area contributed by atoms with E-state index >= 15 is 0 Å². The highest BCUT2D eigenvalue weighted by Crippen LogP contribution is 2.27. The third kappa shape index (κ3) is 6.81. The summed E-state index contributed by atoms with van der Waals surface area (Å²) in [4.78, 5) is 4.55. The van der Waals surface area contributed by atoms with Crippen molar-refractivity contribution in [3.8, 4) is 17.2 Å². The molecule has 3 rings (SSSR count). The van der Waals surface area contributed by atoms with Gasteiger partial charge in [-0.1, -0.05) is 64.7 Å². The van der Waals surface area contributed by atoms with E-state index in [1.54, 1.807) is 0 Å². The monoisotopic (exact) mass is 394 g/mol. The van der Waals surface area contributed by atoms with Crippen molar-refractivity contribution in [1.82, 2.24) is 4.98 Å². The molecule has 0 aliphatic rings. The Labute approximate surface area is 174 Å². The van der Waals surface area contributed by atoms with Crippen molar-refractivity contribution in [3.05, 3.63) is 42.5 Å². The minimum Gasteiger partial charge on any atom is -0.493 e. The number of anilines is 1. The van der Waals surface area contributed by atoms with Crippen molar-refractivity contribution >= 4 is 16.8 Å². The number of benzene rings is 2. The van der Waals surface area contributed by atoms with E-state index in [0.29, 0.717) is 5.89 Å². The Balaban J connectivity index is 1.37. The summed E-state index contributed by atoms with van der Waals surface area (Å²) in [6, 6.07) is 13.4. The van der Waals surface area contributed by atoms with Gasteiger partial charge in [0.25, 0.3) is 0 Å². The summed E-state index contributed by atoms with van der Waals surface area (Å²) in [6.07, 6.45) is 13.3. The first-order chi connectivity index (χ1) is 14.3. The fraction of sp³-hybridized carbons (Fsp3) is 0.480. The Hall–Kier alpha value is -2.49. The highest BCUT2D eigenvalue weighted by atomic mass is 16.5. The Kier molecular flexibility index (Phi) is 8.41. The molecule has 0 atom stereocenters. The molecule has 4 nitrogen and oxygen atoms in total. The highest BCUT2D eigenvalue weighted by Gasteiger charge is 2.09. The number of ether oxygens (including phenoxy) is 1. The predicted molar refractivity (Wildman–Crippen MR) is 121 cm³/mol. The van der Waals surface area contributed by atoms with Crippen LogP contribution in [-0.2, 0) is 0 Å². The smallest absolute Gasteiger partial charge is 0.227 e. The lowest BCUT2D eigenvalue weighted by molar-refractivity contribution is 0.304. The van der Waals surface area contributed by atoms with Gasteiger partial charge in [-0.3, -0.25) is 0 Å². The van der Waals surface area contributed by atoms with Gasteiger partial charge in [-0.2, -0.15) is 0 Å². The van der Waals surface area contributed by atoms with Crippen molar-refractivity contribution in [2.45, 2.75) is 71.1 Å². The molecule has 0 radical (unpaired) electrons. The van der Waals surface area contributed by atoms with Crippen molar-refractivity contribution in [2.75, 3.05) is 12.3 Å². The molecule has 2 aromatic carbocycles. The lowest BCUT2D eigenvalue weighted by Crippen LogP contribution is -1.97. The molecule has 3 aromatic rings. The Morgan fingerprint density at radius 3 is 2.17 bits per heavy atom. The van der Waals surface area contributed by atoms with Gasteiger partial charge in [0.1, 0.15) is 11.3 Å². The molecule has 0 saturated carbocycles. The van der Waals surface area contributed by atoms with Gasteiger partial charge in [0, 0.05) is 17.3 Å². The SMILES string of the molecule is CCCCCCCCCCCCOc1ccc2nc(-c3ccc(N)cc3)oc2c1. The first-order valence-corrected chi connectivity index (χ1v) is 11.2. The third-order valence-electron chi connectivity index (χ3n) is 5.28. The van der Waals surface area contributed by atoms with Crippen LogP contribution < -0.4 is 10.5 Å². The molecule has 0 spiro atoms. The Bertz CT molecular complexity index is 855. The average Bonchev–Trinajstić information content (AvgIpc) is 3.16. The maximum atomic E-state index is 5.91. The number of rotatable bonds is 13. The molecular formula is C25H34N2O2. The maximum Gasteiger partial charge on any atom is 0.227 e. The van der Waals surface area contributed by atoms with Crippen LogP contribution in [-0.4, -0.2) is 11.6 Å². The summed E-state index contributed by atoms with van der Waals surface area (Å²) in [7, 11) is 0. The maximum absolute atomic E-state index is 5.91. The Morgan fingerprint density at radius 2 is 1.48 bits per heavy atom. The van der Waals surface area contributed by atoms with Crippen LogP contribution in [0.1, 0.15) is 71.1 Å². The number of nitrogens with zero attached hydrogens (tertiary/aromatic N) is 1. The first kappa shape index (κ1) is 21.2. The minimum atomic E-state index is 0.604. The summed E-state index contributed by atoms with van der Waals surface area (Å²) in [5, 5.41) is 0. The zero-order valence-corrected chi connectivity index (χ0v) is 17.7. The molecule has 0 aliphatic heterocycles. The number of fused-ring (bicyclic) bond motifs is 1. The summed E-state index contributed by atoms with van der Waals surface area (Å²) in [6.45, 7) is 3.02. The molecule has 0 bridgehead atoms. The topological polar surface area (TPSA) is 61.3 Å². The predicted octanol–water partition coefficient (Wildman–Crippen LogP) is 7.38. The van der Waals surface area contributed by atoms with Crippen LogP contribution >= 0.6 is 0 Å². The molecule has 1 heterocycles. The number of nitrogens with two attached hydrogens (primary N) is 1. The second-order valence-electron chi connectivity index (χ2n) is 7.80. The van der Waals surface area contributed by atoms with Gasteiger partial charge in [0.15, 0.2) is 5.58 Å². The van der Waals surface area contributed by atoms with Gasteiger partial charge in [-0.25, -0.2) is 4.98 Å². The quantitative estimate of drug-likeness (QED) is 0.243. The molecule has 0 amide bonds. The fourth-order valence-corrected chi connectivity index (χ4v) is 3.52. The molecule has 156 valence electrons. The van der Waals surface area contributed by atoms with Crippen LogP contribution in [0.4, 0.5) is 5.69 Å². The molecule has 0 fully saturated rings. The van der Waals surface area contributed by atoms with Crippen molar-refractivity contribution in [1.29, 1.82) is 0 Å². The van der Waals surface area contributed by atoms with Gasteiger partial charge in [-0.15, -0.1) is 0 Å². The molecule has 1 aromatic heterocycles. The fourth-order valence-electron chi connectivity index (χ4n) is 3.52. The number of hydrogen-bond acceptors (Lipinski definition) is 4. The number of aromatic nitrogens is 1. The number of unbranched alkanes of at least 4 members (excludes halogenated alkanes) is 9. The van der Waals surface area contributed by atoms with E-state index in [0.717, 1.165) is 41.1 Å². The normalized spacial score (nSPS) is 11.2. The molecule has 0 unspecified atom stereocenters. The van der Waals surface area contributed by atoms with Crippen LogP contribution in [0.5, 0.6) is 5.75 Å². The second kappa shape index (κ2) is 11.5. The molecule has 0 saturated heterocycles. The van der Waals surface area contributed by atoms with Crippen LogP contribution in [0, 0.1) is 0 Å². The number of nitrogen functional groups attached to an aromatic ring is 1. The lowest BCUT2D eigenvalue weighted by atomic mass is 10.1. The van der Waals surface area contributed by atoms with Gasteiger partial charge >= 0.3 is 0 Å². The van der Waals surface area contributed by atoms with E-state index in [9.17, 15) is 0 Å². The second-order valence-corrected chi connectivity index (χ2v) is 7.80. The van der Waals surface area contributed by atoms with Gasteiger partial charge in [-0.05, 0) is 42.8 Å². The van der Waals surface area contributed by atoms with Crippen molar-refractivity contribution < 1.29 is 9.15 Å². The first-order valence-electron chi connectivity index (χ1n) is 11.2. The van der Waals surface area contributed by atoms with E-state index in [-0.39, 0.29) is 0 Å². The minimum absolute atomic E-state index is 0.604. The highest BCUT2D eigenvalue weighted by molar-refractivity contribution is 5.77. The van der Waals surface area contributed by atoms with Gasteiger partial charge in [0.2, 0.25) is 5.89 Å². The molecule has 0 aliphatic carbocycles. The summed E-state index contributed by atoms with van der Waals surface area (Å²) >= 11 is 0. The summed E-state index contributed by atoms with van der Waals surface area (Å²) in [5.74, 6) is 1.44. The Morgan fingerprint density at radius 1 is 0.828 bits per heavy atom. The standard InChI is InChI=1S/C25H34N2O2/c1-2-3-4-5-6-7-8-9-10-11-18-28-22-16-17-23-24(19-22)29-25(27-23)20-12-14-21(26)15-13-20/h12-17,19H,2-11,18,26H2,1H3. The molecular weight excluding hydrogens is 360 g/mol. The molecule has 4 heteroatoms. The van der Waals surface area contributed by atoms with Crippen molar-refractivity contribution in [3.63, 3.8) is 0 Å². The van der Waals surface area contributed by atoms with E-state index < -0.39 is 0 Å². The molecule has 29 heavy (non-hydrogen) atoms. The van der Waals surface area contributed by atoms with E-state index in [2.05, 4.69) is 11.9 Å². The zero-order chi connectivity index (χ0) is 20.3. The van der Waals surface area contributed by atoms with Gasteiger partial charge < -0.3 is 14.9 Å². The zero-order valence-electron chi connectivity index (χ0n) is 17.7. The van der Waals surface area contributed by atoms with Crippen LogP contribution in [0.2, 0.25) is 0 Å². The van der Waals surface area contributed by atoms with Crippen LogP contribution in [0.15, 0.2) is 46.9 Å². The van der Waals surface area contributed by atoms with Crippen LogP contribution in [0.3, 0.4) is 0 Å². The summed E-state index contributed by atoms with van der Waals surface area (Å²) in [5.41, 5.74) is 8.98. The van der Waals surface area contributed by atoms with Crippen molar-refractivity contribution in [2.24, 2.45) is 0 Å². The van der Waals surface area contributed by atoms with Crippen LogP contribution in [0.25, 0.3) is 22.6 Å². The van der Waals surface area contributed by atoms with E-state index in [1.807, 2.05) is 42.5 Å². The third-order valence-corrected chi connectivity index (χ3v) is 5.28. The molecule has 2 N–H and O–H groups in total. The largest absolute Gasteiger partial charge is 0.493 e. The van der Waals surface area contributed by atoms with Gasteiger partial charge in [0.05, 0.1) is 6.61 Å². The van der Waals surface area contributed by atoms with E-state index in [4.69, 9.17) is 14.9 Å². The summed E-state index contributed by atoms with van der Waals surface area (Å²) < 4.78 is 11.8.